The van der Waals surface area contributed by atoms with Crippen molar-refractivity contribution in [1.82, 2.24) is 5.32 Å². The van der Waals surface area contributed by atoms with Crippen molar-refractivity contribution in [2.45, 2.75) is 32.4 Å². The summed E-state index contributed by atoms with van der Waals surface area (Å²) in [5.41, 5.74) is 3.22. The molecule has 1 aliphatic carbocycles. The molecule has 6 heteroatoms. The number of fused-ring (bicyclic) bond motifs is 1. The molecule has 0 unspecified atom stereocenters. The summed E-state index contributed by atoms with van der Waals surface area (Å²) in [6, 6.07) is 22.5. The summed E-state index contributed by atoms with van der Waals surface area (Å²) < 4.78 is 11.9. The molecule has 0 bridgehead atoms. The van der Waals surface area contributed by atoms with E-state index in [9.17, 15) is 9.59 Å². The summed E-state index contributed by atoms with van der Waals surface area (Å²) in [5, 5.41) is 6.72. The first-order chi connectivity index (χ1) is 16.1. The van der Waals surface area contributed by atoms with E-state index in [0.717, 1.165) is 23.8 Å². The molecule has 0 radical (unpaired) electrons. The second kappa shape index (κ2) is 8.82. The molecule has 2 N–H and O–H groups in total. The van der Waals surface area contributed by atoms with Crippen molar-refractivity contribution in [3.8, 4) is 5.75 Å². The van der Waals surface area contributed by atoms with Crippen LogP contribution >= 0.6 is 0 Å². The molecule has 1 fully saturated rings. The molecule has 1 saturated carbocycles. The first-order valence-corrected chi connectivity index (χ1v) is 11.0. The summed E-state index contributed by atoms with van der Waals surface area (Å²) in [4.78, 5) is 25.7. The predicted molar refractivity (Wildman–Crippen MR) is 127 cm³/mol. The number of rotatable bonds is 7. The van der Waals surface area contributed by atoms with E-state index in [0.29, 0.717) is 28.1 Å². The number of hydrogen-bond acceptors (Lipinski definition) is 4. The lowest BCUT2D eigenvalue weighted by molar-refractivity contribution is 0.0949. The van der Waals surface area contributed by atoms with Crippen molar-refractivity contribution in [2.75, 3.05) is 5.32 Å². The molecule has 166 valence electrons. The minimum Gasteiger partial charge on any atom is -0.489 e. The minimum absolute atomic E-state index is 0.131. The van der Waals surface area contributed by atoms with Crippen molar-refractivity contribution >= 4 is 28.5 Å². The maximum atomic E-state index is 13.3. The second-order valence-electron chi connectivity index (χ2n) is 8.24. The van der Waals surface area contributed by atoms with Gasteiger partial charge in [0.2, 0.25) is 0 Å². The number of hydrogen-bond donors (Lipinski definition) is 2. The monoisotopic (exact) mass is 440 g/mol. The maximum absolute atomic E-state index is 13.3. The van der Waals surface area contributed by atoms with Crippen LogP contribution in [0.4, 0.5) is 5.69 Å². The van der Waals surface area contributed by atoms with Crippen LogP contribution in [0.1, 0.15) is 44.9 Å². The Bertz CT molecular complexity index is 1320. The Morgan fingerprint density at radius 1 is 0.970 bits per heavy atom. The van der Waals surface area contributed by atoms with Crippen LogP contribution < -0.4 is 15.4 Å². The molecule has 3 aromatic carbocycles. The van der Waals surface area contributed by atoms with Crippen LogP contribution in [0.2, 0.25) is 0 Å². The number of carbonyl (C=O) groups is 2. The molecule has 1 heterocycles. The third-order valence-corrected chi connectivity index (χ3v) is 5.69. The van der Waals surface area contributed by atoms with Gasteiger partial charge in [0.25, 0.3) is 11.8 Å². The predicted octanol–water partition coefficient (Wildman–Crippen LogP) is 5.46. The highest BCUT2D eigenvalue weighted by molar-refractivity contribution is 6.07. The van der Waals surface area contributed by atoms with Gasteiger partial charge in [-0.1, -0.05) is 42.5 Å². The van der Waals surface area contributed by atoms with Gasteiger partial charge >= 0.3 is 0 Å². The average Bonchev–Trinajstić information content (AvgIpc) is 3.57. The molecule has 0 atom stereocenters. The smallest absolute Gasteiger partial charge is 0.291 e. The van der Waals surface area contributed by atoms with Gasteiger partial charge in [-0.25, -0.2) is 0 Å². The van der Waals surface area contributed by atoms with Gasteiger partial charge in [0.15, 0.2) is 5.76 Å². The lowest BCUT2D eigenvalue weighted by Gasteiger charge is -2.11. The Morgan fingerprint density at radius 2 is 1.73 bits per heavy atom. The number of amides is 2. The number of para-hydroxylation sites is 2. The maximum Gasteiger partial charge on any atom is 0.291 e. The van der Waals surface area contributed by atoms with Gasteiger partial charge < -0.3 is 19.8 Å². The quantitative estimate of drug-likeness (QED) is 0.400. The number of benzene rings is 3. The Labute approximate surface area is 191 Å². The zero-order chi connectivity index (χ0) is 22.8. The van der Waals surface area contributed by atoms with Crippen molar-refractivity contribution < 1.29 is 18.7 Å². The first-order valence-electron chi connectivity index (χ1n) is 11.0. The van der Waals surface area contributed by atoms with Crippen LogP contribution in [0.5, 0.6) is 5.75 Å². The highest BCUT2D eigenvalue weighted by Crippen LogP contribution is 2.29. The average molecular weight is 440 g/mol. The van der Waals surface area contributed by atoms with Crippen molar-refractivity contribution in [1.29, 1.82) is 0 Å². The highest BCUT2D eigenvalue weighted by atomic mass is 16.5. The van der Waals surface area contributed by atoms with E-state index in [2.05, 4.69) is 10.6 Å². The van der Waals surface area contributed by atoms with Crippen LogP contribution in [0, 0.1) is 6.92 Å². The molecule has 1 aromatic heterocycles. The molecule has 0 saturated heterocycles. The van der Waals surface area contributed by atoms with Gasteiger partial charge in [-0.3, -0.25) is 9.59 Å². The molecule has 2 amide bonds. The lowest BCUT2D eigenvalue weighted by atomic mass is 10.1. The number of anilines is 1. The molecular formula is C27H24N2O4. The van der Waals surface area contributed by atoms with Gasteiger partial charge in [0.1, 0.15) is 17.9 Å². The Balaban J connectivity index is 1.42. The van der Waals surface area contributed by atoms with E-state index < -0.39 is 0 Å². The molecule has 0 aliphatic heterocycles. The van der Waals surface area contributed by atoms with E-state index in [1.807, 2.05) is 67.6 Å². The number of furan rings is 1. The summed E-state index contributed by atoms with van der Waals surface area (Å²) in [7, 11) is 0. The largest absolute Gasteiger partial charge is 0.489 e. The van der Waals surface area contributed by atoms with E-state index >= 15 is 0 Å². The van der Waals surface area contributed by atoms with E-state index in [-0.39, 0.29) is 30.2 Å². The SMILES string of the molecule is Cc1ccc(C(=O)NC2CC2)cc1NC(=O)c1oc2ccccc2c1COc1ccccc1. The number of aryl methyl sites for hydroxylation is 1. The van der Waals surface area contributed by atoms with Crippen molar-refractivity contribution in [3.05, 3.63) is 95.2 Å². The molecular weight excluding hydrogens is 416 g/mol. The third kappa shape index (κ3) is 4.60. The summed E-state index contributed by atoms with van der Waals surface area (Å²) in [6.07, 6.45) is 2.03. The summed E-state index contributed by atoms with van der Waals surface area (Å²) >= 11 is 0. The fraction of sp³-hybridized carbons (Fsp3) is 0.185. The molecule has 6 nitrogen and oxygen atoms in total. The lowest BCUT2D eigenvalue weighted by Crippen LogP contribution is -2.25. The molecule has 1 aliphatic rings. The van der Waals surface area contributed by atoms with Crippen LogP contribution in [-0.4, -0.2) is 17.9 Å². The number of ether oxygens (including phenoxy) is 1. The Morgan fingerprint density at radius 3 is 2.52 bits per heavy atom. The zero-order valence-electron chi connectivity index (χ0n) is 18.3. The minimum atomic E-state index is -0.388. The zero-order valence-corrected chi connectivity index (χ0v) is 18.3. The fourth-order valence-electron chi connectivity index (χ4n) is 3.67. The van der Waals surface area contributed by atoms with Crippen molar-refractivity contribution in [3.63, 3.8) is 0 Å². The van der Waals surface area contributed by atoms with Gasteiger partial charge in [0.05, 0.1) is 0 Å². The van der Waals surface area contributed by atoms with Gasteiger partial charge in [-0.15, -0.1) is 0 Å². The van der Waals surface area contributed by atoms with Crippen LogP contribution in [0.3, 0.4) is 0 Å². The first kappa shape index (κ1) is 20.8. The van der Waals surface area contributed by atoms with E-state index in [1.54, 1.807) is 12.1 Å². The van der Waals surface area contributed by atoms with Gasteiger partial charge in [0, 0.05) is 28.2 Å². The highest BCUT2D eigenvalue weighted by Gasteiger charge is 2.25. The van der Waals surface area contributed by atoms with Crippen LogP contribution in [0.25, 0.3) is 11.0 Å². The van der Waals surface area contributed by atoms with E-state index in [1.165, 1.54) is 0 Å². The summed E-state index contributed by atoms with van der Waals surface area (Å²) in [5.74, 6) is 0.383. The Hall–Kier alpha value is -4.06. The second-order valence-corrected chi connectivity index (χ2v) is 8.24. The van der Waals surface area contributed by atoms with E-state index in [4.69, 9.17) is 9.15 Å². The fourth-order valence-corrected chi connectivity index (χ4v) is 3.67. The number of carbonyl (C=O) groups excluding carboxylic acids is 2. The topological polar surface area (TPSA) is 80.6 Å². The number of nitrogens with one attached hydrogen (secondary N) is 2. The molecule has 4 aromatic rings. The van der Waals surface area contributed by atoms with Crippen LogP contribution in [0.15, 0.2) is 77.2 Å². The molecule has 0 spiro atoms. The van der Waals surface area contributed by atoms with Crippen LogP contribution in [-0.2, 0) is 6.61 Å². The molecule has 33 heavy (non-hydrogen) atoms. The Kier molecular flexibility index (Phi) is 5.57. The summed E-state index contributed by atoms with van der Waals surface area (Å²) in [6.45, 7) is 2.07. The van der Waals surface area contributed by atoms with Gasteiger partial charge in [-0.2, -0.15) is 0 Å². The standard InChI is InChI=1S/C27H24N2O4/c1-17-11-12-18(26(30)28-19-13-14-19)15-23(17)29-27(31)25-22(16-32-20-7-3-2-4-8-20)21-9-5-6-10-24(21)33-25/h2-12,15,19H,13-14,16H2,1H3,(H,28,30)(H,29,31). The third-order valence-electron chi connectivity index (χ3n) is 5.69. The van der Waals surface area contributed by atoms with Gasteiger partial charge in [-0.05, 0) is 55.7 Å². The normalized spacial score (nSPS) is 13.0. The molecule has 5 rings (SSSR count). The van der Waals surface area contributed by atoms with Crippen molar-refractivity contribution in [2.24, 2.45) is 0 Å².